The van der Waals surface area contributed by atoms with Crippen molar-refractivity contribution < 1.29 is 14.2 Å². The summed E-state index contributed by atoms with van der Waals surface area (Å²) >= 11 is 0. The van der Waals surface area contributed by atoms with E-state index in [-0.39, 0.29) is 5.60 Å². The molecule has 4 heteroatoms. The molecule has 0 aliphatic rings. The van der Waals surface area contributed by atoms with Gasteiger partial charge in [0.25, 0.3) is 0 Å². The minimum Gasteiger partial charge on any atom is -0.491 e. The third-order valence-corrected chi connectivity index (χ3v) is 3.10. The van der Waals surface area contributed by atoms with Crippen LogP contribution in [0.4, 0.5) is 0 Å². The van der Waals surface area contributed by atoms with Gasteiger partial charge in [0.05, 0.1) is 24.7 Å². The molecule has 1 rings (SSSR count). The number of benzene rings is 1. The van der Waals surface area contributed by atoms with Crippen molar-refractivity contribution in [1.82, 2.24) is 0 Å². The highest BCUT2D eigenvalue weighted by Crippen LogP contribution is 2.13. The van der Waals surface area contributed by atoms with Crippen LogP contribution in [0, 0.1) is 11.3 Å². The molecule has 0 saturated carbocycles. The molecule has 0 aliphatic heterocycles. The van der Waals surface area contributed by atoms with E-state index in [1.807, 2.05) is 38.1 Å². The summed E-state index contributed by atoms with van der Waals surface area (Å²) in [4.78, 5) is 0. The van der Waals surface area contributed by atoms with Crippen LogP contribution >= 0.6 is 0 Å². The van der Waals surface area contributed by atoms with Crippen LogP contribution in [0.1, 0.15) is 25.8 Å². The van der Waals surface area contributed by atoms with Gasteiger partial charge in [-0.05, 0) is 38.0 Å². The molecule has 0 spiro atoms. The number of rotatable bonds is 9. The maximum absolute atomic E-state index is 8.58. The summed E-state index contributed by atoms with van der Waals surface area (Å²) in [6.07, 6.45) is 1.28. The molecule has 0 bridgehead atoms. The van der Waals surface area contributed by atoms with E-state index >= 15 is 0 Å². The molecule has 1 aromatic carbocycles. The average Bonchev–Trinajstić information content (AvgIpc) is 2.45. The molecule has 0 aromatic heterocycles. The third kappa shape index (κ3) is 6.55. The van der Waals surface area contributed by atoms with Crippen molar-refractivity contribution in [2.45, 2.75) is 32.3 Å². The quantitative estimate of drug-likeness (QED) is 0.651. The predicted octanol–water partition coefficient (Wildman–Crippen LogP) is 2.96. The Morgan fingerprint density at radius 2 is 1.80 bits per heavy atom. The van der Waals surface area contributed by atoms with Crippen LogP contribution in [-0.2, 0) is 15.9 Å². The molecule has 0 saturated heterocycles. The fraction of sp³-hybridized carbons (Fsp3) is 0.562. The topological polar surface area (TPSA) is 51.5 Å². The molecule has 0 aliphatic carbocycles. The second-order valence-corrected chi connectivity index (χ2v) is 5.15. The molecule has 0 fully saturated rings. The van der Waals surface area contributed by atoms with Crippen LogP contribution in [0.5, 0.6) is 5.75 Å². The van der Waals surface area contributed by atoms with Gasteiger partial charge in [-0.2, -0.15) is 5.26 Å². The summed E-state index contributed by atoms with van der Waals surface area (Å²) < 4.78 is 16.4. The molecule has 20 heavy (non-hydrogen) atoms. The summed E-state index contributed by atoms with van der Waals surface area (Å²) in [6, 6.07) is 9.67. The number of hydrogen-bond acceptors (Lipinski definition) is 4. The van der Waals surface area contributed by atoms with Gasteiger partial charge in [0, 0.05) is 13.7 Å². The van der Waals surface area contributed by atoms with E-state index in [9.17, 15) is 0 Å². The van der Waals surface area contributed by atoms with Gasteiger partial charge in [0.1, 0.15) is 12.4 Å². The largest absolute Gasteiger partial charge is 0.491 e. The first-order valence-electron chi connectivity index (χ1n) is 6.79. The van der Waals surface area contributed by atoms with Crippen LogP contribution in [0.25, 0.3) is 0 Å². The van der Waals surface area contributed by atoms with E-state index in [1.165, 1.54) is 0 Å². The van der Waals surface area contributed by atoms with Crippen LogP contribution in [0.3, 0.4) is 0 Å². The van der Waals surface area contributed by atoms with Crippen molar-refractivity contribution >= 4 is 0 Å². The first kappa shape index (κ1) is 16.5. The van der Waals surface area contributed by atoms with Crippen molar-refractivity contribution in [3.8, 4) is 11.8 Å². The van der Waals surface area contributed by atoms with Gasteiger partial charge < -0.3 is 14.2 Å². The maximum atomic E-state index is 8.58. The van der Waals surface area contributed by atoms with Crippen LogP contribution in [-0.4, -0.2) is 32.5 Å². The van der Waals surface area contributed by atoms with Gasteiger partial charge in [-0.3, -0.25) is 0 Å². The highest BCUT2D eigenvalue weighted by Gasteiger charge is 2.15. The van der Waals surface area contributed by atoms with E-state index in [4.69, 9.17) is 19.5 Å². The lowest BCUT2D eigenvalue weighted by Crippen LogP contribution is -2.24. The lowest BCUT2D eigenvalue weighted by Gasteiger charge is -2.22. The van der Waals surface area contributed by atoms with Gasteiger partial charge >= 0.3 is 0 Å². The van der Waals surface area contributed by atoms with E-state index in [0.717, 1.165) is 17.7 Å². The Labute approximate surface area is 121 Å². The first-order chi connectivity index (χ1) is 9.57. The Bertz CT molecular complexity index is 420. The van der Waals surface area contributed by atoms with Gasteiger partial charge in [0.2, 0.25) is 0 Å². The lowest BCUT2D eigenvalue weighted by atomic mass is 10.1. The molecule has 0 N–H and O–H groups in total. The van der Waals surface area contributed by atoms with Crippen molar-refractivity contribution in [2.75, 3.05) is 26.9 Å². The zero-order chi connectivity index (χ0) is 14.8. The van der Waals surface area contributed by atoms with E-state index in [2.05, 4.69) is 6.07 Å². The molecule has 0 unspecified atom stereocenters. The Morgan fingerprint density at radius 3 is 2.40 bits per heavy atom. The molecule has 4 nitrogen and oxygen atoms in total. The normalized spacial score (nSPS) is 11.1. The summed E-state index contributed by atoms with van der Waals surface area (Å²) in [5.74, 6) is 0.799. The first-order valence-corrected chi connectivity index (χ1v) is 6.79. The van der Waals surface area contributed by atoms with E-state index in [0.29, 0.717) is 26.2 Å². The smallest absolute Gasteiger partial charge is 0.119 e. The number of nitrogens with zero attached hydrogens (tertiary/aromatic N) is 1. The Balaban J connectivity index is 2.14. The summed E-state index contributed by atoms with van der Waals surface area (Å²) in [7, 11) is 1.71. The molecule has 110 valence electrons. The second-order valence-electron chi connectivity index (χ2n) is 5.15. The summed E-state index contributed by atoms with van der Waals surface area (Å²) in [5.41, 5.74) is 0.857. The van der Waals surface area contributed by atoms with Crippen molar-refractivity contribution in [2.24, 2.45) is 0 Å². The number of ether oxygens (including phenoxy) is 3. The number of hydrogen-bond donors (Lipinski definition) is 0. The van der Waals surface area contributed by atoms with Crippen LogP contribution < -0.4 is 4.74 Å². The van der Waals surface area contributed by atoms with Crippen molar-refractivity contribution in [3.63, 3.8) is 0 Å². The standard InChI is InChI=1S/C16H23NO3/c1-16(2,18-3)9-11-19-12-13-20-15-6-4-14(5-7-15)8-10-17/h4-7H,8-9,11-13H2,1-3H3. The van der Waals surface area contributed by atoms with Crippen LogP contribution in [0.2, 0.25) is 0 Å². The second kappa shape index (κ2) is 8.57. The highest BCUT2D eigenvalue weighted by atomic mass is 16.5. The fourth-order valence-electron chi connectivity index (χ4n) is 1.54. The van der Waals surface area contributed by atoms with Gasteiger partial charge in [-0.25, -0.2) is 0 Å². The zero-order valence-corrected chi connectivity index (χ0v) is 12.5. The SMILES string of the molecule is COC(C)(C)CCOCCOc1ccc(CC#N)cc1. The Kier molecular flexibility index (Phi) is 7.06. The maximum Gasteiger partial charge on any atom is 0.119 e. The molecule has 0 heterocycles. The molecule has 0 radical (unpaired) electrons. The third-order valence-electron chi connectivity index (χ3n) is 3.10. The number of methoxy groups -OCH3 is 1. The minimum atomic E-state index is -0.141. The number of nitriles is 1. The van der Waals surface area contributed by atoms with E-state index in [1.54, 1.807) is 7.11 Å². The fourth-order valence-corrected chi connectivity index (χ4v) is 1.54. The zero-order valence-electron chi connectivity index (χ0n) is 12.5. The summed E-state index contributed by atoms with van der Waals surface area (Å²) in [5, 5.41) is 8.58. The van der Waals surface area contributed by atoms with Gasteiger partial charge in [-0.15, -0.1) is 0 Å². The Hall–Kier alpha value is -1.57. The predicted molar refractivity (Wildman–Crippen MR) is 77.8 cm³/mol. The molecular weight excluding hydrogens is 254 g/mol. The molecular formula is C16H23NO3. The summed E-state index contributed by atoms with van der Waals surface area (Å²) in [6.45, 7) is 5.81. The average molecular weight is 277 g/mol. The van der Waals surface area contributed by atoms with Crippen molar-refractivity contribution in [1.29, 1.82) is 5.26 Å². The van der Waals surface area contributed by atoms with E-state index < -0.39 is 0 Å². The lowest BCUT2D eigenvalue weighted by molar-refractivity contribution is -0.0128. The Morgan fingerprint density at radius 1 is 1.10 bits per heavy atom. The van der Waals surface area contributed by atoms with Crippen molar-refractivity contribution in [3.05, 3.63) is 29.8 Å². The van der Waals surface area contributed by atoms with Crippen LogP contribution in [0.15, 0.2) is 24.3 Å². The molecule has 0 amide bonds. The molecule has 1 aromatic rings. The molecule has 0 atom stereocenters. The van der Waals surface area contributed by atoms with Gasteiger partial charge in [-0.1, -0.05) is 12.1 Å². The van der Waals surface area contributed by atoms with Gasteiger partial charge in [0.15, 0.2) is 0 Å². The monoisotopic (exact) mass is 277 g/mol. The minimum absolute atomic E-state index is 0.141. The highest BCUT2D eigenvalue weighted by molar-refractivity contribution is 5.28.